The van der Waals surface area contributed by atoms with Gasteiger partial charge < -0.3 is 10.2 Å². The van der Waals surface area contributed by atoms with Crippen LogP contribution < -0.4 is 14.9 Å². The Balaban J connectivity index is 1.59. The molecule has 0 amide bonds. The molecule has 0 spiro atoms. The summed E-state index contributed by atoms with van der Waals surface area (Å²) in [5.74, 6) is 0.964. The van der Waals surface area contributed by atoms with Crippen molar-refractivity contribution in [3.63, 3.8) is 0 Å². The first kappa shape index (κ1) is 19.5. The van der Waals surface area contributed by atoms with E-state index in [1.807, 2.05) is 19.1 Å². The van der Waals surface area contributed by atoms with Crippen LogP contribution in [0.2, 0.25) is 0 Å². The number of nitrogens with one attached hydrogen (secondary N) is 2. The number of rotatable bonds is 7. The van der Waals surface area contributed by atoms with Crippen molar-refractivity contribution in [3.8, 4) is 0 Å². The molecule has 0 bridgehead atoms. The van der Waals surface area contributed by atoms with Gasteiger partial charge in [-0.25, -0.2) is 8.42 Å². The van der Waals surface area contributed by atoms with Crippen molar-refractivity contribution in [1.29, 1.82) is 0 Å². The van der Waals surface area contributed by atoms with Gasteiger partial charge in [-0.2, -0.15) is 0 Å². The van der Waals surface area contributed by atoms with E-state index < -0.39 is 10.0 Å². The molecule has 2 aromatic carbocycles. The van der Waals surface area contributed by atoms with Crippen LogP contribution in [0.4, 0.5) is 22.7 Å². The number of piperidine rings is 1. The lowest BCUT2D eigenvalue weighted by molar-refractivity contribution is 0.438. The molecule has 0 aliphatic carbocycles. The van der Waals surface area contributed by atoms with Crippen LogP contribution in [0, 0.1) is 5.92 Å². The van der Waals surface area contributed by atoms with Crippen molar-refractivity contribution in [2.75, 3.05) is 33.8 Å². The highest BCUT2D eigenvalue weighted by atomic mass is 32.2. The molecule has 2 aromatic rings. The maximum Gasteiger partial charge on any atom is 0.232 e. The van der Waals surface area contributed by atoms with Gasteiger partial charge in [0.2, 0.25) is 10.0 Å². The van der Waals surface area contributed by atoms with E-state index in [4.69, 9.17) is 0 Å². The van der Waals surface area contributed by atoms with Crippen LogP contribution in [0.15, 0.2) is 48.5 Å². The highest BCUT2D eigenvalue weighted by molar-refractivity contribution is 7.92. The minimum atomic E-state index is -3.25. The standard InChI is InChI=1S/C21H29N3O2S/c1-3-16-27(25,26)23-20-6-4-18(5-7-20)22-19-8-10-21(11-9-19)24-14-12-17(2)13-15-24/h4-11,17,22-23H,3,12-16H2,1-2H3. The molecular formula is C21H29N3O2S. The van der Waals surface area contributed by atoms with Crippen LogP contribution in [-0.2, 0) is 10.0 Å². The third-order valence-electron chi connectivity index (χ3n) is 4.94. The molecular weight excluding hydrogens is 358 g/mol. The van der Waals surface area contributed by atoms with E-state index in [1.54, 1.807) is 12.1 Å². The minimum absolute atomic E-state index is 0.134. The van der Waals surface area contributed by atoms with E-state index in [1.165, 1.54) is 18.5 Å². The van der Waals surface area contributed by atoms with Crippen molar-refractivity contribution in [3.05, 3.63) is 48.5 Å². The summed E-state index contributed by atoms with van der Waals surface area (Å²) in [6.07, 6.45) is 3.12. The van der Waals surface area contributed by atoms with Gasteiger partial charge in [0.15, 0.2) is 0 Å². The first-order valence-corrected chi connectivity index (χ1v) is 11.3. The molecule has 0 aromatic heterocycles. The normalized spacial score (nSPS) is 15.6. The first-order valence-electron chi connectivity index (χ1n) is 9.68. The number of hydrogen-bond acceptors (Lipinski definition) is 4. The Kier molecular flexibility index (Phi) is 6.26. The molecule has 2 N–H and O–H groups in total. The number of hydrogen-bond donors (Lipinski definition) is 2. The Morgan fingerprint density at radius 2 is 1.44 bits per heavy atom. The highest BCUT2D eigenvalue weighted by Gasteiger charge is 2.15. The molecule has 0 radical (unpaired) electrons. The quantitative estimate of drug-likeness (QED) is 0.715. The molecule has 1 saturated heterocycles. The van der Waals surface area contributed by atoms with Gasteiger partial charge in [-0.15, -0.1) is 0 Å². The molecule has 0 atom stereocenters. The van der Waals surface area contributed by atoms with Crippen LogP contribution in [0.3, 0.4) is 0 Å². The zero-order valence-electron chi connectivity index (χ0n) is 16.1. The van der Waals surface area contributed by atoms with Gasteiger partial charge in [0.1, 0.15) is 0 Å². The summed E-state index contributed by atoms with van der Waals surface area (Å²) in [5, 5.41) is 3.36. The molecule has 0 saturated carbocycles. The summed E-state index contributed by atoms with van der Waals surface area (Å²) < 4.78 is 26.2. The van der Waals surface area contributed by atoms with Gasteiger partial charge in [-0.05, 0) is 73.7 Å². The summed E-state index contributed by atoms with van der Waals surface area (Å²) in [4.78, 5) is 2.45. The van der Waals surface area contributed by atoms with Crippen LogP contribution in [-0.4, -0.2) is 27.3 Å². The minimum Gasteiger partial charge on any atom is -0.372 e. The molecule has 1 heterocycles. The fraction of sp³-hybridized carbons (Fsp3) is 0.429. The first-order chi connectivity index (χ1) is 12.9. The molecule has 0 unspecified atom stereocenters. The fourth-order valence-electron chi connectivity index (χ4n) is 3.31. The average molecular weight is 388 g/mol. The fourth-order valence-corrected chi connectivity index (χ4v) is 4.44. The maximum atomic E-state index is 11.8. The second-order valence-electron chi connectivity index (χ2n) is 7.34. The van der Waals surface area contributed by atoms with E-state index in [9.17, 15) is 8.42 Å². The van der Waals surface area contributed by atoms with Crippen molar-refractivity contribution in [1.82, 2.24) is 0 Å². The van der Waals surface area contributed by atoms with Gasteiger partial charge in [0.25, 0.3) is 0 Å². The lowest BCUT2D eigenvalue weighted by Crippen LogP contribution is -2.32. The number of nitrogens with zero attached hydrogens (tertiary/aromatic N) is 1. The maximum absolute atomic E-state index is 11.8. The van der Waals surface area contributed by atoms with Gasteiger partial charge in [0, 0.05) is 35.8 Å². The monoisotopic (exact) mass is 387 g/mol. The Labute approximate surface area is 162 Å². The number of sulfonamides is 1. The van der Waals surface area contributed by atoms with Crippen molar-refractivity contribution >= 4 is 32.8 Å². The summed E-state index contributed by atoms with van der Waals surface area (Å²) in [5.41, 5.74) is 3.80. The largest absolute Gasteiger partial charge is 0.372 e. The Bertz CT molecular complexity index is 825. The SMILES string of the molecule is CCCS(=O)(=O)Nc1ccc(Nc2ccc(N3CCC(C)CC3)cc2)cc1. The van der Waals surface area contributed by atoms with Crippen LogP contribution in [0.25, 0.3) is 0 Å². The van der Waals surface area contributed by atoms with E-state index in [-0.39, 0.29) is 5.75 Å². The summed E-state index contributed by atoms with van der Waals surface area (Å²) in [6.45, 7) is 6.43. The van der Waals surface area contributed by atoms with Crippen LogP contribution in [0.1, 0.15) is 33.1 Å². The molecule has 1 aliphatic heterocycles. The van der Waals surface area contributed by atoms with Gasteiger partial charge in [-0.3, -0.25) is 4.72 Å². The Morgan fingerprint density at radius 1 is 0.926 bits per heavy atom. The van der Waals surface area contributed by atoms with Crippen molar-refractivity contribution < 1.29 is 8.42 Å². The zero-order chi connectivity index (χ0) is 19.3. The molecule has 1 aliphatic rings. The second-order valence-corrected chi connectivity index (χ2v) is 9.18. The lowest BCUT2D eigenvalue weighted by Gasteiger charge is -2.32. The predicted octanol–water partition coefficient (Wildman–Crippen LogP) is 4.82. The average Bonchev–Trinajstić information content (AvgIpc) is 2.64. The number of anilines is 4. The van der Waals surface area contributed by atoms with E-state index in [0.717, 1.165) is 30.4 Å². The zero-order valence-corrected chi connectivity index (χ0v) is 16.9. The Morgan fingerprint density at radius 3 is 2.00 bits per heavy atom. The molecule has 3 rings (SSSR count). The van der Waals surface area contributed by atoms with Gasteiger partial charge in [0.05, 0.1) is 5.75 Å². The van der Waals surface area contributed by atoms with E-state index >= 15 is 0 Å². The predicted molar refractivity (Wildman–Crippen MR) is 114 cm³/mol. The molecule has 1 fully saturated rings. The van der Waals surface area contributed by atoms with Crippen molar-refractivity contribution in [2.45, 2.75) is 33.1 Å². The summed E-state index contributed by atoms with van der Waals surface area (Å²) in [6, 6.07) is 15.8. The van der Waals surface area contributed by atoms with Gasteiger partial charge >= 0.3 is 0 Å². The topological polar surface area (TPSA) is 61.4 Å². The summed E-state index contributed by atoms with van der Waals surface area (Å²) >= 11 is 0. The Hall–Kier alpha value is -2.21. The van der Waals surface area contributed by atoms with Gasteiger partial charge in [-0.1, -0.05) is 13.8 Å². The van der Waals surface area contributed by atoms with Crippen molar-refractivity contribution in [2.24, 2.45) is 5.92 Å². The van der Waals surface area contributed by atoms with E-state index in [0.29, 0.717) is 12.1 Å². The smallest absolute Gasteiger partial charge is 0.232 e. The van der Waals surface area contributed by atoms with Crippen LogP contribution in [0.5, 0.6) is 0 Å². The molecule has 6 heteroatoms. The van der Waals surface area contributed by atoms with Crippen LogP contribution >= 0.6 is 0 Å². The molecule has 27 heavy (non-hydrogen) atoms. The highest BCUT2D eigenvalue weighted by Crippen LogP contribution is 2.26. The second kappa shape index (κ2) is 8.65. The van der Waals surface area contributed by atoms with E-state index in [2.05, 4.69) is 46.1 Å². The third kappa shape index (κ3) is 5.63. The summed E-state index contributed by atoms with van der Waals surface area (Å²) in [7, 11) is -3.25. The number of benzene rings is 2. The molecule has 146 valence electrons. The molecule has 5 nitrogen and oxygen atoms in total. The lowest BCUT2D eigenvalue weighted by atomic mass is 9.99. The third-order valence-corrected chi connectivity index (χ3v) is 6.43.